The summed E-state index contributed by atoms with van der Waals surface area (Å²) in [6.07, 6.45) is 1.06. The number of nitrogens with one attached hydrogen (secondary N) is 2. The van der Waals surface area contributed by atoms with Crippen molar-refractivity contribution in [2.24, 2.45) is 0 Å². The van der Waals surface area contributed by atoms with E-state index in [4.69, 9.17) is 9.47 Å². The average Bonchev–Trinajstić information content (AvgIpc) is 2.96. The first-order valence-electron chi connectivity index (χ1n) is 12.1. The number of fused-ring (bicyclic) bond motifs is 1. The van der Waals surface area contributed by atoms with Gasteiger partial charge in [0.15, 0.2) is 0 Å². The van der Waals surface area contributed by atoms with Crippen molar-refractivity contribution in [3.05, 3.63) is 108 Å². The van der Waals surface area contributed by atoms with Crippen molar-refractivity contribution in [1.29, 1.82) is 0 Å². The Bertz CT molecular complexity index is 1380. The van der Waals surface area contributed by atoms with Crippen LogP contribution in [0.1, 0.15) is 16.8 Å². The lowest BCUT2D eigenvalue weighted by molar-refractivity contribution is -0.145. The third-order valence-electron chi connectivity index (χ3n) is 5.82. The number of esters is 1. The normalized spacial score (nSPS) is 12.2. The van der Waals surface area contributed by atoms with E-state index in [0.29, 0.717) is 11.2 Å². The van der Waals surface area contributed by atoms with Gasteiger partial charge in [0.05, 0.1) is 23.8 Å². The number of carbonyl (C=O) groups excluding carboxylic acids is 3. The van der Waals surface area contributed by atoms with E-state index in [9.17, 15) is 14.4 Å². The highest BCUT2D eigenvalue weighted by Gasteiger charge is 2.28. The van der Waals surface area contributed by atoms with Crippen LogP contribution in [0.5, 0.6) is 0 Å². The van der Waals surface area contributed by atoms with Gasteiger partial charge in [-0.3, -0.25) is 9.78 Å². The third kappa shape index (κ3) is 7.36. The number of hydrogen-bond acceptors (Lipinski definition) is 7. The second kappa shape index (κ2) is 13.0. The molecule has 1 heterocycles. The number of rotatable bonds is 10. The monoisotopic (exact) mass is 512 g/mol. The van der Waals surface area contributed by atoms with E-state index in [0.717, 1.165) is 16.6 Å². The lowest BCUT2D eigenvalue weighted by Gasteiger charge is -2.22. The first-order chi connectivity index (χ1) is 18.5. The molecule has 9 heteroatoms. The number of ether oxygens (including phenoxy) is 2. The SMILES string of the molecule is COC(=O)[C@H](Cc1cnc2ccccc2n1)NC(=O)[C@H](Cc1ccccc1)NC(=O)OCc1ccccc1. The van der Waals surface area contributed by atoms with Gasteiger partial charge in [-0.05, 0) is 23.3 Å². The van der Waals surface area contributed by atoms with Gasteiger partial charge in [0.25, 0.3) is 0 Å². The molecule has 0 saturated carbocycles. The Morgan fingerprint density at radius 1 is 0.763 bits per heavy atom. The number of alkyl carbamates (subject to hydrolysis) is 1. The zero-order chi connectivity index (χ0) is 26.7. The van der Waals surface area contributed by atoms with Gasteiger partial charge in [-0.1, -0.05) is 72.8 Å². The molecule has 0 unspecified atom stereocenters. The molecule has 0 aliphatic rings. The Morgan fingerprint density at radius 3 is 2.08 bits per heavy atom. The van der Waals surface area contributed by atoms with Gasteiger partial charge >= 0.3 is 12.1 Å². The Kier molecular flexibility index (Phi) is 8.96. The molecule has 4 rings (SSSR count). The summed E-state index contributed by atoms with van der Waals surface area (Å²) in [5.41, 5.74) is 3.54. The maximum atomic E-state index is 13.4. The molecule has 2 amide bonds. The van der Waals surface area contributed by atoms with Crippen molar-refractivity contribution >= 4 is 29.0 Å². The standard InChI is InChI=1S/C29H28N4O5/c1-37-28(35)26(17-22-18-30-23-14-8-9-15-24(23)31-22)32-27(34)25(16-20-10-4-2-5-11-20)33-29(36)38-19-21-12-6-3-7-13-21/h2-15,18,25-26H,16-17,19H2,1H3,(H,32,34)(H,33,36)/t25-,26-/m0/s1. The summed E-state index contributed by atoms with van der Waals surface area (Å²) in [5, 5.41) is 5.34. The molecular formula is C29H28N4O5. The summed E-state index contributed by atoms with van der Waals surface area (Å²) in [6.45, 7) is 0.0533. The van der Waals surface area contributed by atoms with Crippen LogP contribution in [0, 0.1) is 0 Å². The van der Waals surface area contributed by atoms with Crippen LogP contribution in [0.4, 0.5) is 4.79 Å². The zero-order valence-corrected chi connectivity index (χ0v) is 20.9. The lowest BCUT2D eigenvalue weighted by atomic mass is 10.0. The summed E-state index contributed by atoms with van der Waals surface area (Å²) in [7, 11) is 1.24. The molecule has 4 aromatic rings. The number of aromatic nitrogens is 2. The van der Waals surface area contributed by atoms with E-state index in [1.807, 2.05) is 84.9 Å². The van der Waals surface area contributed by atoms with Crippen molar-refractivity contribution in [3.8, 4) is 0 Å². The minimum atomic E-state index is -1.04. The van der Waals surface area contributed by atoms with Gasteiger partial charge in [0.2, 0.25) is 5.91 Å². The first kappa shape index (κ1) is 26.3. The third-order valence-corrected chi connectivity index (χ3v) is 5.82. The molecular weight excluding hydrogens is 484 g/mol. The highest BCUT2D eigenvalue weighted by Crippen LogP contribution is 2.11. The fourth-order valence-electron chi connectivity index (χ4n) is 3.88. The van der Waals surface area contributed by atoms with E-state index >= 15 is 0 Å². The van der Waals surface area contributed by atoms with Crippen LogP contribution >= 0.6 is 0 Å². The zero-order valence-electron chi connectivity index (χ0n) is 20.9. The quantitative estimate of drug-likeness (QED) is 0.313. The number of amides is 2. The molecule has 0 saturated heterocycles. The molecule has 0 aliphatic heterocycles. The molecule has 2 atom stereocenters. The number of methoxy groups -OCH3 is 1. The topological polar surface area (TPSA) is 120 Å². The van der Waals surface area contributed by atoms with Crippen LogP contribution in [0.15, 0.2) is 91.1 Å². The van der Waals surface area contributed by atoms with Gasteiger partial charge in [-0.25, -0.2) is 14.6 Å². The van der Waals surface area contributed by atoms with E-state index in [1.165, 1.54) is 7.11 Å². The molecule has 38 heavy (non-hydrogen) atoms. The molecule has 3 aromatic carbocycles. The molecule has 0 fully saturated rings. The number of hydrogen-bond donors (Lipinski definition) is 2. The molecule has 0 radical (unpaired) electrons. The highest BCUT2D eigenvalue weighted by atomic mass is 16.5. The van der Waals surface area contributed by atoms with Crippen molar-refractivity contribution in [2.45, 2.75) is 31.5 Å². The van der Waals surface area contributed by atoms with Crippen LogP contribution < -0.4 is 10.6 Å². The van der Waals surface area contributed by atoms with Gasteiger partial charge in [0, 0.05) is 19.0 Å². The lowest BCUT2D eigenvalue weighted by Crippen LogP contribution is -2.53. The molecule has 0 aliphatic carbocycles. The molecule has 9 nitrogen and oxygen atoms in total. The Balaban J connectivity index is 1.48. The van der Waals surface area contributed by atoms with Gasteiger partial charge in [-0.2, -0.15) is 0 Å². The first-order valence-corrected chi connectivity index (χ1v) is 12.1. The van der Waals surface area contributed by atoms with E-state index < -0.39 is 30.1 Å². The largest absolute Gasteiger partial charge is 0.467 e. The van der Waals surface area contributed by atoms with E-state index in [1.54, 1.807) is 6.20 Å². The van der Waals surface area contributed by atoms with Crippen molar-refractivity contribution in [3.63, 3.8) is 0 Å². The van der Waals surface area contributed by atoms with Crippen LogP contribution in [0.2, 0.25) is 0 Å². The summed E-state index contributed by atoms with van der Waals surface area (Å²) in [4.78, 5) is 47.5. The Labute approximate surface area is 220 Å². The molecule has 1 aromatic heterocycles. The minimum Gasteiger partial charge on any atom is -0.467 e. The summed E-state index contributed by atoms with van der Waals surface area (Å²) in [6, 6.07) is 23.8. The molecule has 194 valence electrons. The average molecular weight is 513 g/mol. The summed E-state index contributed by atoms with van der Waals surface area (Å²) >= 11 is 0. The predicted octanol–water partition coefficient (Wildman–Crippen LogP) is 3.37. The van der Waals surface area contributed by atoms with Crippen LogP contribution in [-0.2, 0) is 38.5 Å². The number of benzene rings is 3. The van der Waals surface area contributed by atoms with Crippen molar-refractivity contribution < 1.29 is 23.9 Å². The maximum absolute atomic E-state index is 13.4. The molecule has 2 N–H and O–H groups in total. The predicted molar refractivity (Wildman–Crippen MR) is 141 cm³/mol. The molecule has 0 spiro atoms. The smallest absolute Gasteiger partial charge is 0.408 e. The number of nitrogens with zero attached hydrogens (tertiary/aromatic N) is 2. The van der Waals surface area contributed by atoms with Crippen molar-refractivity contribution in [2.75, 3.05) is 7.11 Å². The Morgan fingerprint density at radius 2 is 1.39 bits per heavy atom. The van der Waals surface area contributed by atoms with Crippen LogP contribution in [-0.4, -0.2) is 47.1 Å². The maximum Gasteiger partial charge on any atom is 0.408 e. The second-order valence-electron chi connectivity index (χ2n) is 8.59. The number of para-hydroxylation sites is 2. The van der Waals surface area contributed by atoms with Gasteiger partial charge < -0.3 is 20.1 Å². The van der Waals surface area contributed by atoms with Crippen LogP contribution in [0.3, 0.4) is 0 Å². The fraction of sp³-hybridized carbons (Fsp3) is 0.207. The molecule has 0 bridgehead atoms. The number of carbonyl (C=O) groups is 3. The van der Waals surface area contributed by atoms with Crippen LogP contribution in [0.25, 0.3) is 11.0 Å². The Hall–Kier alpha value is -4.79. The van der Waals surface area contributed by atoms with E-state index in [2.05, 4.69) is 20.6 Å². The fourth-order valence-corrected chi connectivity index (χ4v) is 3.88. The minimum absolute atomic E-state index is 0.0533. The summed E-state index contributed by atoms with van der Waals surface area (Å²) < 4.78 is 10.2. The van der Waals surface area contributed by atoms with Crippen molar-refractivity contribution in [1.82, 2.24) is 20.6 Å². The van der Waals surface area contributed by atoms with Gasteiger partial charge in [-0.15, -0.1) is 0 Å². The second-order valence-corrected chi connectivity index (χ2v) is 8.59. The summed E-state index contributed by atoms with van der Waals surface area (Å²) in [5.74, 6) is -1.20. The highest BCUT2D eigenvalue weighted by molar-refractivity contribution is 5.90. The van der Waals surface area contributed by atoms with Gasteiger partial charge in [0.1, 0.15) is 18.7 Å². The van der Waals surface area contributed by atoms with E-state index in [-0.39, 0.29) is 19.4 Å².